The van der Waals surface area contributed by atoms with Crippen molar-refractivity contribution in [1.29, 1.82) is 0 Å². The molecular formula is C26H37FN2. The smallest absolute Gasteiger partial charge is 0.224 e. The van der Waals surface area contributed by atoms with E-state index in [-0.39, 0.29) is 5.95 Å². The number of benzene rings is 1. The first-order valence-electron chi connectivity index (χ1n) is 11.8. The Kier molecular flexibility index (Phi) is 8.64. The summed E-state index contributed by atoms with van der Waals surface area (Å²) in [4.78, 5) is 8.66. The van der Waals surface area contributed by atoms with Crippen molar-refractivity contribution < 1.29 is 4.39 Å². The van der Waals surface area contributed by atoms with Crippen LogP contribution >= 0.6 is 0 Å². The molecule has 1 aliphatic carbocycles. The van der Waals surface area contributed by atoms with Crippen LogP contribution in [0, 0.1) is 17.8 Å². The lowest BCUT2D eigenvalue weighted by Crippen LogP contribution is -2.15. The Labute approximate surface area is 176 Å². The van der Waals surface area contributed by atoms with Crippen LogP contribution in [0.15, 0.2) is 30.5 Å². The Morgan fingerprint density at radius 3 is 2.17 bits per heavy atom. The minimum atomic E-state index is -0.389. The molecule has 0 amide bonds. The molecule has 0 N–H and O–H groups in total. The maximum absolute atomic E-state index is 14.6. The van der Waals surface area contributed by atoms with Crippen molar-refractivity contribution in [3.05, 3.63) is 47.8 Å². The molecule has 0 bridgehead atoms. The first-order valence-corrected chi connectivity index (χ1v) is 11.8. The van der Waals surface area contributed by atoms with Gasteiger partial charge in [0.1, 0.15) is 5.82 Å². The normalized spacial score (nSPS) is 19.4. The van der Waals surface area contributed by atoms with Crippen LogP contribution in [-0.4, -0.2) is 9.97 Å². The number of aryl methyl sites for hydroxylation is 2. The second-order valence-corrected chi connectivity index (χ2v) is 8.86. The highest BCUT2D eigenvalue weighted by atomic mass is 19.1. The fourth-order valence-electron chi connectivity index (χ4n) is 4.69. The van der Waals surface area contributed by atoms with Crippen molar-refractivity contribution in [3.63, 3.8) is 0 Å². The first-order chi connectivity index (χ1) is 14.2. The van der Waals surface area contributed by atoms with Crippen LogP contribution in [0.3, 0.4) is 0 Å². The van der Waals surface area contributed by atoms with Crippen LogP contribution in [0.4, 0.5) is 4.39 Å². The van der Waals surface area contributed by atoms with E-state index >= 15 is 0 Å². The van der Waals surface area contributed by atoms with E-state index in [2.05, 4.69) is 35.9 Å². The summed E-state index contributed by atoms with van der Waals surface area (Å²) in [5, 5.41) is 0. The standard InChI is InChI=1S/C26H37FN2/c1-3-5-6-8-21-13-16-23(17-14-21)24-19-28-25(29-26(24)27)18-15-22-11-9-20(7-4-2)10-12-22/h13-14,16-17,19-20,22H,3-12,15,18H2,1-2H3/t20-,22-. The summed E-state index contributed by atoms with van der Waals surface area (Å²) in [6.45, 7) is 4.50. The van der Waals surface area contributed by atoms with Crippen molar-refractivity contribution >= 4 is 0 Å². The summed E-state index contributed by atoms with van der Waals surface area (Å²) in [6, 6.07) is 8.20. The lowest BCUT2D eigenvalue weighted by molar-refractivity contribution is 0.251. The molecule has 1 aliphatic rings. The van der Waals surface area contributed by atoms with Gasteiger partial charge in [-0.2, -0.15) is 4.39 Å². The zero-order chi connectivity index (χ0) is 20.5. The number of rotatable bonds is 10. The van der Waals surface area contributed by atoms with Gasteiger partial charge in [0.2, 0.25) is 5.95 Å². The summed E-state index contributed by atoms with van der Waals surface area (Å²) in [7, 11) is 0. The van der Waals surface area contributed by atoms with Gasteiger partial charge in [-0.1, -0.05) is 89.5 Å². The van der Waals surface area contributed by atoms with Gasteiger partial charge in [-0.15, -0.1) is 0 Å². The van der Waals surface area contributed by atoms with Gasteiger partial charge in [0, 0.05) is 12.6 Å². The maximum Gasteiger partial charge on any atom is 0.224 e. The van der Waals surface area contributed by atoms with Crippen molar-refractivity contribution in [2.24, 2.45) is 11.8 Å². The van der Waals surface area contributed by atoms with E-state index in [1.807, 2.05) is 12.1 Å². The number of halogens is 1. The van der Waals surface area contributed by atoms with Crippen LogP contribution in [0.5, 0.6) is 0 Å². The van der Waals surface area contributed by atoms with Crippen molar-refractivity contribution in [2.45, 2.75) is 90.9 Å². The van der Waals surface area contributed by atoms with Crippen LogP contribution in [0.1, 0.15) is 89.4 Å². The molecule has 0 unspecified atom stereocenters. The van der Waals surface area contributed by atoms with Gasteiger partial charge in [0.05, 0.1) is 5.56 Å². The molecule has 2 nitrogen and oxygen atoms in total. The molecular weight excluding hydrogens is 359 g/mol. The molecule has 1 saturated carbocycles. The zero-order valence-corrected chi connectivity index (χ0v) is 18.3. The van der Waals surface area contributed by atoms with Gasteiger partial charge in [0.25, 0.3) is 0 Å². The number of nitrogens with zero attached hydrogens (tertiary/aromatic N) is 2. The summed E-state index contributed by atoms with van der Waals surface area (Å²) in [5.74, 6) is 1.95. The van der Waals surface area contributed by atoms with Gasteiger partial charge >= 0.3 is 0 Å². The van der Waals surface area contributed by atoms with E-state index < -0.39 is 0 Å². The summed E-state index contributed by atoms with van der Waals surface area (Å²) in [5.41, 5.74) is 2.69. The van der Waals surface area contributed by atoms with E-state index in [1.54, 1.807) is 6.20 Å². The van der Waals surface area contributed by atoms with Crippen LogP contribution in [0.25, 0.3) is 11.1 Å². The fraction of sp³-hybridized carbons (Fsp3) is 0.615. The largest absolute Gasteiger partial charge is 0.241 e. The topological polar surface area (TPSA) is 25.8 Å². The van der Waals surface area contributed by atoms with E-state index in [4.69, 9.17) is 0 Å². The second-order valence-electron chi connectivity index (χ2n) is 8.86. The Morgan fingerprint density at radius 2 is 1.55 bits per heavy atom. The van der Waals surface area contributed by atoms with Crippen molar-refractivity contribution in [1.82, 2.24) is 9.97 Å². The Bertz CT molecular complexity index is 733. The minimum absolute atomic E-state index is 0.389. The van der Waals surface area contributed by atoms with E-state index in [1.165, 1.54) is 63.4 Å². The van der Waals surface area contributed by atoms with E-state index in [0.717, 1.165) is 36.7 Å². The molecule has 158 valence electrons. The average molecular weight is 397 g/mol. The van der Waals surface area contributed by atoms with Crippen molar-refractivity contribution in [3.8, 4) is 11.1 Å². The highest BCUT2D eigenvalue weighted by Gasteiger charge is 2.21. The molecule has 29 heavy (non-hydrogen) atoms. The molecule has 1 aromatic heterocycles. The minimum Gasteiger partial charge on any atom is -0.241 e. The summed E-state index contributed by atoms with van der Waals surface area (Å²) in [6.07, 6.45) is 16.4. The molecule has 3 heteroatoms. The van der Waals surface area contributed by atoms with Crippen LogP contribution in [0.2, 0.25) is 0 Å². The molecule has 3 rings (SSSR count). The maximum atomic E-state index is 14.6. The Hall–Kier alpha value is -1.77. The SMILES string of the molecule is CCCCCc1ccc(-c2cnc(CC[C@H]3CC[C@H](CCC)CC3)nc2F)cc1. The van der Waals surface area contributed by atoms with Crippen LogP contribution in [-0.2, 0) is 12.8 Å². The molecule has 1 aromatic carbocycles. The molecule has 0 spiro atoms. The fourth-order valence-corrected chi connectivity index (χ4v) is 4.69. The number of hydrogen-bond acceptors (Lipinski definition) is 2. The quantitative estimate of drug-likeness (QED) is 0.306. The monoisotopic (exact) mass is 396 g/mol. The third-order valence-corrected chi connectivity index (χ3v) is 6.57. The third kappa shape index (κ3) is 6.62. The predicted octanol–water partition coefficient (Wildman–Crippen LogP) is 7.55. The molecule has 1 heterocycles. The number of hydrogen-bond donors (Lipinski definition) is 0. The Balaban J connectivity index is 1.52. The summed E-state index contributed by atoms with van der Waals surface area (Å²) < 4.78 is 14.6. The van der Waals surface area contributed by atoms with Crippen LogP contribution < -0.4 is 0 Å². The molecule has 0 atom stereocenters. The Morgan fingerprint density at radius 1 is 0.862 bits per heavy atom. The molecule has 0 radical (unpaired) electrons. The third-order valence-electron chi connectivity index (χ3n) is 6.57. The molecule has 2 aromatic rings. The molecule has 0 aliphatic heterocycles. The van der Waals surface area contributed by atoms with Gasteiger partial charge in [-0.25, -0.2) is 9.97 Å². The lowest BCUT2D eigenvalue weighted by Gasteiger charge is -2.28. The molecule has 1 fully saturated rings. The van der Waals surface area contributed by atoms with E-state index in [9.17, 15) is 4.39 Å². The van der Waals surface area contributed by atoms with E-state index in [0.29, 0.717) is 11.4 Å². The highest BCUT2D eigenvalue weighted by Crippen LogP contribution is 2.33. The van der Waals surface area contributed by atoms with Gasteiger partial charge < -0.3 is 0 Å². The van der Waals surface area contributed by atoms with Gasteiger partial charge in [-0.05, 0) is 42.2 Å². The molecule has 0 saturated heterocycles. The predicted molar refractivity (Wildman–Crippen MR) is 119 cm³/mol. The van der Waals surface area contributed by atoms with Gasteiger partial charge in [0.15, 0.2) is 0 Å². The zero-order valence-electron chi connectivity index (χ0n) is 18.3. The van der Waals surface area contributed by atoms with Gasteiger partial charge in [-0.3, -0.25) is 0 Å². The number of unbranched alkanes of at least 4 members (excludes halogenated alkanes) is 2. The first kappa shape index (κ1) is 21.9. The second kappa shape index (κ2) is 11.4. The summed E-state index contributed by atoms with van der Waals surface area (Å²) >= 11 is 0. The number of aromatic nitrogens is 2. The lowest BCUT2D eigenvalue weighted by atomic mass is 9.78. The average Bonchev–Trinajstić information content (AvgIpc) is 2.74. The van der Waals surface area contributed by atoms with Crippen molar-refractivity contribution in [2.75, 3.05) is 0 Å². The highest BCUT2D eigenvalue weighted by molar-refractivity contribution is 5.62.